The van der Waals surface area contributed by atoms with Crippen LogP contribution >= 0.6 is 0 Å². The molecule has 0 aromatic carbocycles. The van der Waals surface area contributed by atoms with Gasteiger partial charge >= 0.3 is 0 Å². The van der Waals surface area contributed by atoms with E-state index in [-0.39, 0.29) is 0 Å². The number of aromatic nitrogens is 2. The fourth-order valence-corrected chi connectivity index (χ4v) is 2.00. The van der Waals surface area contributed by atoms with Crippen LogP contribution in [0.3, 0.4) is 0 Å². The summed E-state index contributed by atoms with van der Waals surface area (Å²) >= 11 is 0. The maximum atomic E-state index is 5.29. The number of aryl methyl sites for hydroxylation is 1. The molecule has 1 aromatic rings. The van der Waals surface area contributed by atoms with E-state index in [1.807, 2.05) is 6.07 Å². The van der Waals surface area contributed by atoms with E-state index in [9.17, 15) is 0 Å². The van der Waals surface area contributed by atoms with Gasteiger partial charge in [-0.3, -0.25) is 0 Å². The summed E-state index contributed by atoms with van der Waals surface area (Å²) < 4.78 is 0. The zero-order valence-electron chi connectivity index (χ0n) is 8.62. The van der Waals surface area contributed by atoms with E-state index in [0.717, 1.165) is 12.1 Å². The average molecular weight is 192 g/mol. The molecule has 0 saturated carbocycles. The monoisotopic (exact) mass is 192 g/mol. The highest BCUT2D eigenvalue weighted by atomic mass is 15.3. The molecule has 0 spiro atoms. The average Bonchev–Trinajstić information content (AvgIpc) is 2.23. The van der Waals surface area contributed by atoms with Gasteiger partial charge < -0.3 is 5.43 Å². The molecule has 1 aromatic heterocycles. The standard InChI is InChI=1S/C10H16N4/c1-6-3-4-8-5-9(12-11)13-14-10(8)7(6)2/h5-7H,3-4,11H2,1-2H3,(H,12,13). The Morgan fingerprint density at radius 3 is 2.93 bits per heavy atom. The van der Waals surface area contributed by atoms with Crippen molar-refractivity contribution in [2.45, 2.75) is 32.6 Å². The Kier molecular flexibility index (Phi) is 2.37. The summed E-state index contributed by atoms with van der Waals surface area (Å²) in [5.74, 6) is 7.16. The first-order valence-corrected chi connectivity index (χ1v) is 5.05. The highest BCUT2D eigenvalue weighted by Crippen LogP contribution is 2.34. The predicted molar refractivity (Wildman–Crippen MR) is 55.7 cm³/mol. The molecular formula is C10H16N4. The van der Waals surface area contributed by atoms with Crippen molar-refractivity contribution in [1.82, 2.24) is 10.2 Å². The molecule has 2 atom stereocenters. The van der Waals surface area contributed by atoms with Gasteiger partial charge in [0.2, 0.25) is 0 Å². The molecule has 0 fully saturated rings. The van der Waals surface area contributed by atoms with Crippen LogP contribution < -0.4 is 11.3 Å². The lowest BCUT2D eigenvalue weighted by Gasteiger charge is -2.26. The zero-order chi connectivity index (χ0) is 10.1. The molecule has 76 valence electrons. The predicted octanol–water partition coefficient (Wildman–Crippen LogP) is 1.45. The number of hydrogen-bond acceptors (Lipinski definition) is 4. The van der Waals surface area contributed by atoms with Gasteiger partial charge in [0.15, 0.2) is 5.82 Å². The fraction of sp³-hybridized carbons (Fsp3) is 0.600. The summed E-state index contributed by atoms with van der Waals surface area (Å²) in [5.41, 5.74) is 4.96. The first-order valence-electron chi connectivity index (χ1n) is 5.05. The number of nitrogens with zero attached hydrogens (tertiary/aromatic N) is 2. The summed E-state index contributed by atoms with van der Waals surface area (Å²) in [7, 11) is 0. The molecule has 14 heavy (non-hydrogen) atoms. The topological polar surface area (TPSA) is 63.8 Å². The van der Waals surface area contributed by atoms with Gasteiger partial charge in [-0.15, -0.1) is 5.10 Å². The number of hydrazine groups is 1. The number of nitrogens with one attached hydrogen (secondary N) is 1. The Hall–Kier alpha value is -1.16. The van der Waals surface area contributed by atoms with Crippen LogP contribution in [-0.2, 0) is 6.42 Å². The number of fused-ring (bicyclic) bond motifs is 1. The Bertz CT molecular complexity index is 337. The molecule has 1 aliphatic rings. The van der Waals surface area contributed by atoms with E-state index in [2.05, 4.69) is 29.5 Å². The summed E-state index contributed by atoms with van der Waals surface area (Å²) in [4.78, 5) is 0. The minimum atomic E-state index is 0.512. The first-order chi connectivity index (χ1) is 6.72. The van der Waals surface area contributed by atoms with E-state index in [4.69, 9.17) is 5.84 Å². The van der Waals surface area contributed by atoms with Crippen molar-refractivity contribution in [2.24, 2.45) is 11.8 Å². The third-order valence-electron chi connectivity index (χ3n) is 3.21. The second-order valence-corrected chi connectivity index (χ2v) is 4.09. The number of rotatable bonds is 1. The molecule has 2 rings (SSSR count). The zero-order valence-corrected chi connectivity index (χ0v) is 8.62. The minimum Gasteiger partial charge on any atom is -0.307 e. The van der Waals surface area contributed by atoms with Crippen molar-refractivity contribution in [3.63, 3.8) is 0 Å². The normalized spacial score (nSPS) is 25.6. The van der Waals surface area contributed by atoms with Crippen LogP contribution in [0, 0.1) is 5.92 Å². The Morgan fingerprint density at radius 2 is 2.21 bits per heavy atom. The van der Waals surface area contributed by atoms with Gasteiger partial charge in [-0.25, -0.2) is 5.84 Å². The fourth-order valence-electron chi connectivity index (χ4n) is 2.00. The summed E-state index contributed by atoms with van der Waals surface area (Å²) in [6.45, 7) is 4.48. The lowest BCUT2D eigenvalue weighted by Crippen LogP contribution is -2.19. The molecule has 1 aliphatic carbocycles. The molecule has 0 saturated heterocycles. The smallest absolute Gasteiger partial charge is 0.162 e. The maximum Gasteiger partial charge on any atom is 0.162 e. The van der Waals surface area contributed by atoms with E-state index in [1.54, 1.807) is 0 Å². The van der Waals surface area contributed by atoms with Crippen LogP contribution in [0.2, 0.25) is 0 Å². The SMILES string of the molecule is CC1CCc2cc(NN)nnc2C1C. The minimum absolute atomic E-state index is 0.512. The molecule has 4 nitrogen and oxygen atoms in total. The van der Waals surface area contributed by atoms with Gasteiger partial charge in [-0.1, -0.05) is 13.8 Å². The van der Waals surface area contributed by atoms with Gasteiger partial charge in [-0.05, 0) is 30.4 Å². The van der Waals surface area contributed by atoms with Gasteiger partial charge in [0.25, 0.3) is 0 Å². The number of hydrogen-bond donors (Lipinski definition) is 2. The van der Waals surface area contributed by atoms with E-state index >= 15 is 0 Å². The van der Waals surface area contributed by atoms with Crippen LogP contribution in [0.25, 0.3) is 0 Å². The molecule has 0 amide bonds. The van der Waals surface area contributed by atoms with Gasteiger partial charge in [0.1, 0.15) is 0 Å². The molecule has 2 unspecified atom stereocenters. The molecule has 1 heterocycles. The lowest BCUT2D eigenvalue weighted by molar-refractivity contribution is 0.413. The lowest BCUT2D eigenvalue weighted by atomic mass is 9.80. The Balaban J connectivity index is 2.38. The molecule has 3 N–H and O–H groups in total. The molecular weight excluding hydrogens is 176 g/mol. The quantitative estimate of drug-likeness (QED) is 0.522. The van der Waals surface area contributed by atoms with Crippen molar-refractivity contribution in [2.75, 3.05) is 5.43 Å². The summed E-state index contributed by atoms with van der Waals surface area (Å²) in [6.07, 6.45) is 2.31. The Labute approximate surface area is 83.9 Å². The van der Waals surface area contributed by atoms with Crippen LogP contribution in [0.4, 0.5) is 5.82 Å². The van der Waals surface area contributed by atoms with Crippen LogP contribution in [0.5, 0.6) is 0 Å². The highest BCUT2D eigenvalue weighted by molar-refractivity contribution is 5.39. The number of nitrogen functional groups attached to an aromatic ring is 1. The molecule has 0 bridgehead atoms. The van der Waals surface area contributed by atoms with E-state index in [0.29, 0.717) is 17.7 Å². The second-order valence-electron chi connectivity index (χ2n) is 4.09. The molecule has 4 heteroatoms. The summed E-state index contributed by atoms with van der Waals surface area (Å²) in [5, 5.41) is 8.24. The third-order valence-corrected chi connectivity index (χ3v) is 3.21. The molecule has 0 radical (unpaired) electrons. The van der Waals surface area contributed by atoms with Crippen molar-refractivity contribution in [1.29, 1.82) is 0 Å². The van der Waals surface area contributed by atoms with Crippen molar-refractivity contribution in [3.8, 4) is 0 Å². The number of nitrogens with two attached hydrogens (primary N) is 1. The maximum absolute atomic E-state index is 5.29. The van der Waals surface area contributed by atoms with E-state index in [1.165, 1.54) is 12.0 Å². The first kappa shape index (κ1) is 9.40. The second kappa shape index (κ2) is 3.53. The van der Waals surface area contributed by atoms with Crippen LogP contribution in [0.1, 0.15) is 37.4 Å². The van der Waals surface area contributed by atoms with Crippen LogP contribution in [0.15, 0.2) is 6.07 Å². The van der Waals surface area contributed by atoms with E-state index < -0.39 is 0 Å². The highest BCUT2D eigenvalue weighted by Gasteiger charge is 2.24. The number of anilines is 1. The van der Waals surface area contributed by atoms with Gasteiger partial charge in [-0.2, -0.15) is 5.10 Å². The van der Waals surface area contributed by atoms with Crippen molar-refractivity contribution >= 4 is 5.82 Å². The van der Waals surface area contributed by atoms with Crippen molar-refractivity contribution < 1.29 is 0 Å². The van der Waals surface area contributed by atoms with Gasteiger partial charge in [0, 0.05) is 5.92 Å². The van der Waals surface area contributed by atoms with Crippen LogP contribution in [-0.4, -0.2) is 10.2 Å². The molecule has 0 aliphatic heterocycles. The third kappa shape index (κ3) is 1.46. The summed E-state index contributed by atoms with van der Waals surface area (Å²) in [6, 6.07) is 2.00. The van der Waals surface area contributed by atoms with Crippen molar-refractivity contribution in [3.05, 3.63) is 17.3 Å². The largest absolute Gasteiger partial charge is 0.307 e. The van der Waals surface area contributed by atoms with Gasteiger partial charge in [0.05, 0.1) is 5.69 Å². The Morgan fingerprint density at radius 1 is 1.43 bits per heavy atom.